The maximum absolute atomic E-state index is 12.8. The first-order valence-electron chi connectivity index (χ1n) is 12.5. The van der Waals surface area contributed by atoms with Crippen LogP contribution >= 0.6 is 0 Å². The summed E-state index contributed by atoms with van der Waals surface area (Å²) >= 11 is 0. The van der Waals surface area contributed by atoms with E-state index in [4.69, 9.17) is 0 Å². The highest BCUT2D eigenvalue weighted by Gasteiger charge is 2.25. The van der Waals surface area contributed by atoms with Crippen molar-refractivity contribution in [3.05, 3.63) is 70.8 Å². The Hall–Kier alpha value is -2.17. The Morgan fingerprint density at radius 3 is 2.03 bits per heavy atom. The highest BCUT2D eigenvalue weighted by atomic mass is 16.1. The fourth-order valence-electron chi connectivity index (χ4n) is 5.01. The molecule has 2 aliphatic heterocycles. The number of hydrogen-bond acceptors (Lipinski definition) is 3. The number of nitrogens with one attached hydrogen (secondary N) is 1. The van der Waals surface area contributed by atoms with E-state index in [2.05, 4.69) is 70.6 Å². The zero-order chi connectivity index (χ0) is 22.2. The van der Waals surface area contributed by atoms with E-state index in [9.17, 15) is 4.79 Å². The van der Waals surface area contributed by atoms with Crippen LogP contribution in [0.2, 0.25) is 0 Å². The maximum atomic E-state index is 12.8. The normalized spacial score (nSPS) is 20.6. The van der Waals surface area contributed by atoms with Crippen LogP contribution in [0.4, 0.5) is 0 Å². The summed E-state index contributed by atoms with van der Waals surface area (Å²) in [7, 11) is 0. The van der Waals surface area contributed by atoms with E-state index in [0.717, 1.165) is 39.0 Å². The molecule has 0 aromatic heterocycles. The summed E-state index contributed by atoms with van der Waals surface area (Å²) in [6.07, 6.45) is 7.49. The highest BCUT2D eigenvalue weighted by molar-refractivity contribution is 5.79. The molecule has 4 heteroatoms. The summed E-state index contributed by atoms with van der Waals surface area (Å²) < 4.78 is 0. The molecule has 0 spiro atoms. The van der Waals surface area contributed by atoms with E-state index >= 15 is 0 Å². The molecule has 4 rings (SSSR count). The molecule has 4 nitrogen and oxygen atoms in total. The van der Waals surface area contributed by atoms with Gasteiger partial charge in [-0.1, -0.05) is 66.9 Å². The van der Waals surface area contributed by atoms with Crippen LogP contribution in [-0.2, 0) is 24.4 Å². The van der Waals surface area contributed by atoms with E-state index in [1.54, 1.807) is 0 Å². The number of piperidine rings is 1. The Labute approximate surface area is 194 Å². The average Bonchev–Trinajstić information content (AvgIpc) is 3.09. The number of benzene rings is 2. The van der Waals surface area contributed by atoms with Crippen molar-refractivity contribution in [3.8, 4) is 0 Å². The lowest BCUT2D eigenvalue weighted by molar-refractivity contribution is -0.126. The molecule has 0 aliphatic carbocycles. The summed E-state index contributed by atoms with van der Waals surface area (Å²) in [6, 6.07) is 17.6. The number of nitrogens with zero attached hydrogens (tertiary/aromatic N) is 2. The summed E-state index contributed by atoms with van der Waals surface area (Å²) in [5.74, 6) is 0.295. The van der Waals surface area contributed by atoms with Gasteiger partial charge in [-0.05, 0) is 68.9 Å². The minimum absolute atomic E-state index is 0.0940. The third-order valence-electron chi connectivity index (χ3n) is 7.00. The maximum Gasteiger partial charge on any atom is 0.224 e. The first-order valence-corrected chi connectivity index (χ1v) is 12.5. The van der Waals surface area contributed by atoms with Crippen molar-refractivity contribution in [2.45, 2.75) is 65.1 Å². The Morgan fingerprint density at radius 2 is 1.34 bits per heavy atom. The summed E-state index contributed by atoms with van der Waals surface area (Å²) in [5.41, 5.74) is 5.18. The van der Waals surface area contributed by atoms with Crippen LogP contribution in [0.15, 0.2) is 48.5 Å². The van der Waals surface area contributed by atoms with Gasteiger partial charge in [-0.25, -0.2) is 0 Å². The minimum Gasteiger partial charge on any atom is -0.352 e. The van der Waals surface area contributed by atoms with E-state index < -0.39 is 0 Å². The number of carbonyl (C=O) groups is 1. The topological polar surface area (TPSA) is 35.6 Å². The predicted octanol–water partition coefficient (Wildman–Crippen LogP) is 4.90. The highest BCUT2D eigenvalue weighted by Crippen LogP contribution is 2.19. The van der Waals surface area contributed by atoms with Gasteiger partial charge in [-0.3, -0.25) is 14.6 Å². The van der Waals surface area contributed by atoms with E-state index in [-0.39, 0.29) is 11.8 Å². The van der Waals surface area contributed by atoms with Gasteiger partial charge in [-0.2, -0.15) is 0 Å². The number of aryl methyl sites for hydroxylation is 1. The van der Waals surface area contributed by atoms with Crippen LogP contribution in [0.5, 0.6) is 0 Å². The largest absolute Gasteiger partial charge is 0.352 e. The van der Waals surface area contributed by atoms with Crippen LogP contribution in [0.3, 0.4) is 0 Å². The molecule has 1 amide bonds. The Kier molecular flexibility index (Phi) is 8.36. The van der Waals surface area contributed by atoms with Gasteiger partial charge in [0.05, 0.1) is 5.92 Å². The molecular formula is C28H39N3O. The van der Waals surface area contributed by atoms with Crippen LogP contribution in [-0.4, -0.2) is 41.9 Å². The summed E-state index contributed by atoms with van der Waals surface area (Å²) in [4.78, 5) is 17.8. The molecule has 1 N–H and O–H groups in total. The lowest BCUT2D eigenvalue weighted by Gasteiger charge is -2.32. The zero-order valence-corrected chi connectivity index (χ0v) is 19.7. The van der Waals surface area contributed by atoms with Crippen molar-refractivity contribution in [1.82, 2.24) is 15.1 Å². The molecule has 2 aliphatic rings. The van der Waals surface area contributed by atoms with Gasteiger partial charge >= 0.3 is 0 Å². The van der Waals surface area contributed by atoms with Crippen LogP contribution in [0.25, 0.3) is 0 Å². The minimum atomic E-state index is 0.0940. The average molecular weight is 434 g/mol. The predicted molar refractivity (Wildman–Crippen MR) is 131 cm³/mol. The first kappa shape index (κ1) is 23.0. The molecule has 32 heavy (non-hydrogen) atoms. The van der Waals surface area contributed by atoms with Crippen molar-refractivity contribution in [2.24, 2.45) is 5.92 Å². The molecule has 1 unspecified atom stereocenters. The van der Waals surface area contributed by atoms with E-state index in [1.165, 1.54) is 61.0 Å². The van der Waals surface area contributed by atoms with Gasteiger partial charge in [0.25, 0.3) is 0 Å². The zero-order valence-electron chi connectivity index (χ0n) is 19.7. The Morgan fingerprint density at radius 1 is 0.781 bits per heavy atom. The molecular weight excluding hydrogens is 394 g/mol. The SMILES string of the molecule is Cc1ccc(CN2CCCC(C(=O)NCc3ccc(CN4CCCCCC4)cc3)C2)cc1. The second-order valence-corrected chi connectivity index (χ2v) is 9.78. The standard InChI is InChI=1S/C28H39N3O/c1-23-8-10-25(11-9-23)21-31-18-6-7-27(22-31)28(32)29-19-24-12-14-26(15-13-24)20-30-16-4-2-3-5-17-30/h8-15,27H,2-7,16-22H2,1H3,(H,29,32). The molecule has 0 radical (unpaired) electrons. The van der Waals surface area contributed by atoms with Gasteiger partial charge in [0.2, 0.25) is 5.91 Å². The molecule has 172 valence electrons. The van der Waals surface area contributed by atoms with Crippen molar-refractivity contribution >= 4 is 5.91 Å². The number of amides is 1. The lowest BCUT2D eigenvalue weighted by atomic mass is 9.96. The van der Waals surface area contributed by atoms with Crippen molar-refractivity contribution in [3.63, 3.8) is 0 Å². The lowest BCUT2D eigenvalue weighted by Crippen LogP contribution is -2.42. The number of likely N-dealkylation sites (tertiary alicyclic amines) is 2. The van der Waals surface area contributed by atoms with E-state index in [1.807, 2.05) is 0 Å². The second kappa shape index (κ2) is 11.6. The quantitative estimate of drug-likeness (QED) is 0.675. The molecule has 1 atom stereocenters. The summed E-state index contributed by atoms with van der Waals surface area (Å²) in [6.45, 7) is 9.10. The molecule has 2 aromatic carbocycles. The van der Waals surface area contributed by atoms with Crippen molar-refractivity contribution in [1.29, 1.82) is 0 Å². The van der Waals surface area contributed by atoms with Crippen molar-refractivity contribution in [2.75, 3.05) is 26.2 Å². The Balaban J connectivity index is 1.22. The van der Waals surface area contributed by atoms with Gasteiger partial charge in [-0.15, -0.1) is 0 Å². The van der Waals surface area contributed by atoms with Crippen LogP contribution in [0.1, 0.15) is 60.8 Å². The molecule has 2 heterocycles. The third kappa shape index (κ3) is 6.91. The smallest absolute Gasteiger partial charge is 0.224 e. The number of carbonyl (C=O) groups excluding carboxylic acids is 1. The monoisotopic (exact) mass is 433 g/mol. The first-order chi connectivity index (χ1) is 15.7. The van der Waals surface area contributed by atoms with Crippen LogP contribution < -0.4 is 5.32 Å². The third-order valence-corrected chi connectivity index (χ3v) is 7.00. The van der Waals surface area contributed by atoms with Gasteiger partial charge in [0, 0.05) is 26.2 Å². The van der Waals surface area contributed by atoms with Gasteiger partial charge in [0.15, 0.2) is 0 Å². The number of rotatable bonds is 7. The fourth-order valence-corrected chi connectivity index (χ4v) is 5.01. The van der Waals surface area contributed by atoms with Gasteiger partial charge < -0.3 is 5.32 Å². The molecule has 0 saturated carbocycles. The van der Waals surface area contributed by atoms with Crippen molar-refractivity contribution < 1.29 is 4.79 Å². The van der Waals surface area contributed by atoms with Crippen LogP contribution in [0, 0.1) is 12.8 Å². The molecule has 2 aromatic rings. The second-order valence-electron chi connectivity index (χ2n) is 9.78. The summed E-state index contributed by atoms with van der Waals surface area (Å²) in [5, 5.41) is 3.19. The molecule has 0 bridgehead atoms. The van der Waals surface area contributed by atoms with E-state index in [0.29, 0.717) is 6.54 Å². The van der Waals surface area contributed by atoms with Gasteiger partial charge in [0.1, 0.15) is 0 Å². The molecule has 2 saturated heterocycles. The Bertz CT molecular complexity index is 838. The molecule has 2 fully saturated rings. The number of hydrogen-bond donors (Lipinski definition) is 1. The fraction of sp³-hybridized carbons (Fsp3) is 0.536.